The van der Waals surface area contributed by atoms with E-state index in [9.17, 15) is 22.0 Å². The molecular formula is C24H19ClF5N7O. The largest absolute Gasteiger partial charge is 0.463 e. The van der Waals surface area contributed by atoms with Crippen LogP contribution in [0.5, 0.6) is 5.75 Å². The summed E-state index contributed by atoms with van der Waals surface area (Å²) in [4.78, 5) is 13.8. The maximum absolute atomic E-state index is 14.0. The lowest BCUT2D eigenvalue weighted by molar-refractivity contribution is -0.137. The summed E-state index contributed by atoms with van der Waals surface area (Å²) in [6.45, 7) is 1.16. The number of alkyl halides is 5. The molecule has 0 spiro atoms. The number of halogens is 6. The minimum atomic E-state index is -4.74. The smallest absolute Gasteiger partial charge is 0.418 e. The Morgan fingerprint density at radius 1 is 1.24 bits per heavy atom. The fraction of sp³-hybridized carbons (Fsp3) is 0.208. The summed E-state index contributed by atoms with van der Waals surface area (Å²) < 4.78 is 75.1. The first-order valence-corrected chi connectivity index (χ1v) is 11.5. The zero-order chi connectivity index (χ0) is 27.4. The second-order valence-corrected chi connectivity index (χ2v) is 8.86. The topological polar surface area (TPSA) is 115 Å². The molecule has 0 bridgehead atoms. The summed E-state index contributed by atoms with van der Waals surface area (Å²) >= 11 is 6.65. The summed E-state index contributed by atoms with van der Waals surface area (Å²) in [7, 11) is 0. The van der Waals surface area contributed by atoms with Crippen LogP contribution in [-0.2, 0) is 12.7 Å². The standard InChI is InChI=1S/C24H19ClF5N7O/c1-10-6-15(31)36-19(17(10)24(28,29)30)12-7-14-16-20(18(12)25)34-9-35-23(16)37(4-5-38-14)8-13-11(21(26)27)2-3-33-22(13)32/h2-7,21,35H,8-9H2,1H3,(H2,31,36)(H2,32,33). The van der Waals surface area contributed by atoms with Crippen molar-refractivity contribution in [3.05, 3.63) is 74.7 Å². The lowest BCUT2D eigenvalue weighted by Crippen LogP contribution is -2.44. The van der Waals surface area contributed by atoms with Crippen molar-refractivity contribution < 1.29 is 26.7 Å². The average Bonchev–Trinajstić information content (AvgIpc) is 3.01. The van der Waals surface area contributed by atoms with Gasteiger partial charge in [0.1, 0.15) is 36.1 Å². The molecule has 4 heterocycles. The molecule has 0 amide bonds. The van der Waals surface area contributed by atoms with Gasteiger partial charge in [0.2, 0.25) is 0 Å². The fourth-order valence-corrected chi connectivity index (χ4v) is 4.79. The summed E-state index contributed by atoms with van der Waals surface area (Å²) in [5.41, 5.74) is 9.87. The number of pyridine rings is 2. The van der Waals surface area contributed by atoms with E-state index in [2.05, 4.69) is 20.3 Å². The fourth-order valence-electron chi connectivity index (χ4n) is 4.50. The summed E-state index contributed by atoms with van der Waals surface area (Å²) in [5.74, 6) is 0.307. The lowest BCUT2D eigenvalue weighted by atomic mass is 9.99. The lowest BCUT2D eigenvalue weighted by Gasteiger charge is -2.26. The number of nitrogens with zero attached hydrogens (tertiary/aromatic N) is 4. The van der Waals surface area contributed by atoms with Gasteiger partial charge in [0, 0.05) is 29.1 Å². The molecule has 2 aromatic heterocycles. The van der Waals surface area contributed by atoms with E-state index in [4.69, 9.17) is 27.8 Å². The van der Waals surface area contributed by atoms with Crippen molar-refractivity contribution in [2.75, 3.05) is 18.1 Å². The molecule has 0 aliphatic carbocycles. The second-order valence-electron chi connectivity index (χ2n) is 8.48. The molecule has 1 aromatic carbocycles. The van der Waals surface area contributed by atoms with Crippen molar-refractivity contribution in [2.24, 2.45) is 4.99 Å². The molecule has 0 saturated carbocycles. The third-order valence-electron chi connectivity index (χ3n) is 6.11. The minimum Gasteiger partial charge on any atom is -0.463 e. The average molecular weight is 552 g/mol. The number of nitrogens with two attached hydrogens (primary N) is 2. The van der Waals surface area contributed by atoms with E-state index in [0.717, 1.165) is 6.07 Å². The third-order valence-corrected chi connectivity index (χ3v) is 6.49. The number of benzene rings is 1. The number of hydrogen-bond acceptors (Lipinski definition) is 8. The Morgan fingerprint density at radius 2 is 2.00 bits per heavy atom. The Hall–Kier alpha value is -4.13. The molecular weight excluding hydrogens is 533 g/mol. The predicted octanol–water partition coefficient (Wildman–Crippen LogP) is 3.84. The normalized spacial score (nSPS) is 14.5. The van der Waals surface area contributed by atoms with E-state index < -0.39 is 23.9 Å². The molecule has 0 unspecified atom stereocenters. The number of nitrogens with one attached hydrogen (secondary N) is 1. The van der Waals surface area contributed by atoms with Crippen LogP contribution in [0, 0.1) is 6.92 Å². The Balaban J connectivity index is 1.73. The number of nitrogen functional groups attached to an aromatic ring is 2. The molecule has 14 heteroatoms. The highest BCUT2D eigenvalue weighted by atomic mass is 35.5. The zero-order valence-corrected chi connectivity index (χ0v) is 20.3. The van der Waals surface area contributed by atoms with Crippen molar-refractivity contribution in [2.45, 2.75) is 26.1 Å². The molecule has 5 rings (SSSR count). The highest BCUT2D eigenvalue weighted by Gasteiger charge is 2.38. The van der Waals surface area contributed by atoms with Gasteiger partial charge >= 0.3 is 6.18 Å². The van der Waals surface area contributed by atoms with Gasteiger partial charge in [-0.05, 0) is 30.7 Å². The number of rotatable bonds is 4. The Labute approximate surface area is 217 Å². The second kappa shape index (κ2) is 9.31. The van der Waals surface area contributed by atoms with E-state index in [1.165, 1.54) is 37.7 Å². The monoisotopic (exact) mass is 551 g/mol. The van der Waals surface area contributed by atoms with Crippen LogP contribution in [-0.4, -0.2) is 21.5 Å². The molecule has 2 aliphatic heterocycles. The van der Waals surface area contributed by atoms with Crippen LogP contribution in [0.2, 0.25) is 5.02 Å². The maximum Gasteiger partial charge on any atom is 0.418 e. The summed E-state index contributed by atoms with van der Waals surface area (Å²) in [6, 6.07) is 3.63. The molecule has 3 aromatic rings. The van der Waals surface area contributed by atoms with Gasteiger partial charge in [-0.25, -0.2) is 18.7 Å². The zero-order valence-electron chi connectivity index (χ0n) is 19.6. The molecule has 0 atom stereocenters. The molecule has 38 heavy (non-hydrogen) atoms. The maximum atomic E-state index is 14.0. The van der Waals surface area contributed by atoms with Crippen molar-refractivity contribution in [1.29, 1.82) is 0 Å². The third kappa shape index (κ3) is 4.32. The first kappa shape index (κ1) is 25.5. The Morgan fingerprint density at radius 3 is 2.71 bits per heavy atom. The molecule has 198 valence electrons. The molecule has 0 fully saturated rings. The van der Waals surface area contributed by atoms with Crippen LogP contribution in [0.25, 0.3) is 17.1 Å². The number of ether oxygens (including phenoxy) is 1. The Bertz CT molecular complexity index is 1610. The van der Waals surface area contributed by atoms with Crippen LogP contribution in [0.15, 0.2) is 41.9 Å². The quantitative estimate of drug-likeness (QED) is 0.422. The molecule has 0 radical (unpaired) electrons. The number of aromatic nitrogens is 2. The van der Waals surface area contributed by atoms with E-state index in [0.29, 0.717) is 11.0 Å². The minimum absolute atomic E-state index is 0.00493. The van der Waals surface area contributed by atoms with Gasteiger partial charge in [0.15, 0.2) is 0 Å². The highest BCUT2D eigenvalue weighted by molar-refractivity contribution is 6.33. The van der Waals surface area contributed by atoms with Gasteiger partial charge in [-0.15, -0.1) is 0 Å². The molecule has 2 aliphatic rings. The number of anilines is 2. The van der Waals surface area contributed by atoms with Crippen LogP contribution in [0.4, 0.5) is 33.6 Å². The SMILES string of the molecule is Cc1cc(N)nc(-c2cc3c4c(c2Cl)=NCNC=4N(Cc2c(C(F)F)ccnc2N)C=CO3)c1C(F)(F)F. The molecule has 0 saturated heterocycles. The Kier molecular flexibility index (Phi) is 6.25. The predicted molar refractivity (Wildman–Crippen MR) is 130 cm³/mol. The van der Waals surface area contributed by atoms with Crippen LogP contribution < -0.4 is 32.1 Å². The van der Waals surface area contributed by atoms with Crippen molar-refractivity contribution in [1.82, 2.24) is 20.2 Å². The van der Waals surface area contributed by atoms with Crippen LogP contribution in [0.3, 0.4) is 0 Å². The van der Waals surface area contributed by atoms with E-state index in [1.54, 1.807) is 4.90 Å². The van der Waals surface area contributed by atoms with E-state index in [-0.39, 0.29) is 63.2 Å². The summed E-state index contributed by atoms with van der Waals surface area (Å²) in [5, 5.41) is 3.42. The van der Waals surface area contributed by atoms with E-state index in [1.807, 2.05) is 0 Å². The van der Waals surface area contributed by atoms with Gasteiger partial charge in [0.05, 0.1) is 33.4 Å². The first-order chi connectivity index (χ1) is 18.0. The van der Waals surface area contributed by atoms with Gasteiger partial charge in [-0.1, -0.05) is 11.6 Å². The number of aryl methyl sites for hydroxylation is 1. The van der Waals surface area contributed by atoms with Gasteiger partial charge < -0.3 is 26.4 Å². The van der Waals surface area contributed by atoms with Crippen molar-refractivity contribution in [3.63, 3.8) is 0 Å². The molecule has 5 N–H and O–H groups in total. The van der Waals surface area contributed by atoms with Crippen molar-refractivity contribution in [3.8, 4) is 17.0 Å². The highest BCUT2D eigenvalue weighted by Crippen LogP contribution is 2.41. The van der Waals surface area contributed by atoms with Gasteiger partial charge in [-0.3, -0.25) is 4.99 Å². The van der Waals surface area contributed by atoms with Crippen LogP contribution >= 0.6 is 11.6 Å². The molecule has 8 nitrogen and oxygen atoms in total. The first-order valence-electron chi connectivity index (χ1n) is 11.1. The van der Waals surface area contributed by atoms with Gasteiger partial charge in [-0.2, -0.15) is 13.2 Å². The van der Waals surface area contributed by atoms with Crippen molar-refractivity contribution >= 4 is 29.1 Å². The summed E-state index contributed by atoms with van der Waals surface area (Å²) in [6.07, 6.45) is -3.61. The van der Waals surface area contributed by atoms with Crippen LogP contribution in [0.1, 0.15) is 28.7 Å². The van der Waals surface area contributed by atoms with Gasteiger partial charge in [0.25, 0.3) is 6.43 Å². The number of hydrogen-bond donors (Lipinski definition) is 3. The van der Waals surface area contributed by atoms with E-state index >= 15 is 0 Å².